The molecule has 0 aromatic heterocycles. The molecule has 4 aliphatic carbocycles. The van der Waals surface area contributed by atoms with Crippen LogP contribution in [-0.4, -0.2) is 53.8 Å². The molecule has 180 valence electrons. The molecule has 6 rings (SSSR count). The van der Waals surface area contributed by atoms with Crippen molar-refractivity contribution in [3.05, 3.63) is 35.4 Å². The second-order valence-electron chi connectivity index (χ2n) is 11.7. The summed E-state index contributed by atoms with van der Waals surface area (Å²) < 4.78 is 0. The zero-order chi connectivity index (χ0) is 23.0. The quantitative estimate of drug-likeness (QED) is 0.678. The third-order valence-electron chi connectivity index (χ3n) is 8.95. The summed E-state index contributed by atoms with van der Waals surface area (Å²) in [6.45, 7) is 8.31. The Labute approximate surface area is 199 Å². The van der Waals surface area contributed by atoms with Crippen LogP contribution in [0.3, 0.4) is 0 Å². The highest BCUT2D eigenvalue weighted by molar-refractivity contribution is 5.88. The van der Waals surface area contributed by atoms with Gasteiger partial charge in [-0.05, 0) is 80.6 Å². The maximum Gasteiger partial charge on any atom is 0.245 e. The smallest absolute Gasteiger partial charge is 0.245 e. The molecule has 5 aliphatic rings. The summed E-state index contributed by atoms with van der Waals surface area (Å²) in [7, 11) is 0. The number of carbonyl (C=O) groups is 2. The monoisotopic (exact) mass is 451 g/mol. The van der Waals surface area contributed by atoms with Gasteiger partial charge in [-0.2, -0.15) is 0 Å². The number of piperazine rings is 1. The van der Waals surface area contributed by atoms with E-state index in [-0.39, 0.29) is 23.3 Å². The predicted octanol–water partition coefficient (Wildman–Crippen LogP) is 4.14. The van der Waals surface area contributed by atoms with Crippen LogP contribution in [0.2, 0.25) is 0 Å². The molecule has 1 aromatic carbocycles. The molecular weight excluding hydrogens is 410 g/mol. The second kappa shape index (κ2) is 9.40. The highest BCUT2D eigenvalue weighted by Crippen LogP contribution is 2.61. The molecule has 5 heteroatoms. The van der Waals surface area contributed by atoms with Crippen molar-refractivity contribution in [2.45, 2.75) is 77.8 Å². The molecule has 5 nitrogen and oxygen atoms in total. The Morgan fingerprint density at radius 1 is 0.970 bits per heavy atom. The number of hydrogen-bond donors (Lipinski definition) is 1. The number of nitrogens with one attached hydrogen (secondary N) is 1. The van der Waals surface area contributed by atoms with E-state index < -0.39 is 0 Å². The van der Waals surface area contributed by atoms with E-state index in [1.165, 1.54) is 49.7 Å². The van der Waals surface area contributed by atoms with Crippen LogP contribution in [0.1, 0.15) is 69.4 Å². The van der Waals surface area contributed by atoms with Gasteiger partial charge in [0.2, 0.25) is 11.8 Å². The van der Waals surface area contributed by atoms with Gasteiger partial charge in [0.1, 0.15) is 6.04 Å². The van der Waals surface area contributed by atoms with Gasteiger partial charge in [-0.1, -0.05) is 36.8 Å². The fourth-order valence-electron chi connectivity index (χ4n) is 7.73. The van der Waals surface area contributed by atoms with Crippen molar-refractivity contribution in [3.63, 3.8) is 0 Å². The topological polar surface area (TPSA) is 52.7 Å². The predicted molar refractivity (Wildman–Crippen MR) is 130 cm³/mol. The number of benzene rings is 1. The van der Waals surface area contributed by atoms with Gasteiger partial charge < -0.3 is 10.2 Å². The molecule has 0 radical (unpaired) electrons. The Bertz CT molecular complexity index is 821. The van der Waals surface area contributed by atoms with Crippen LogP contribution in [0, 0.1) is 30.1 Å². The maximum absolute atomic E-state index is 13.2. The molecule has 4 bridgehead atoms. The molecule has 1 aliphatic heterocycles. The number of aryl methyl sites for hydroxylation is 1. The Hall–Kier alpha value is -1.88. The molecule has 5 fully saturated rings. The largest absolute Gasteiger partial charge is 0.344 e. The second-order valence-corrected chi connectivity index (χ2v) is 11.7. The summed E-state index contributed by atoms with van der Waals surface area (Å²) in [4.78, 5) is 30.7. The van der Waals surface area contributed by atoms with E-state index in [1.807, 2.05) is 11.8 Å². The highest BCUT2D eigenvalue weighted by Gasteiger charge is 2.51. The minimum Gasteiger partial charge on any atom is -0.344 e. The lowest BCUT2D eigenvalue weighted by atomic mass is 9.49. The summed E-state index contributed by atoms with van der Waals surface area (Å²) in [6.07, 6.45) is 9.19. The molecule has 1 aromatic rings. The van der Waals surface area contributed by atoms with Crippen LogP contribution in [-0.2, 0) is 16.1 Å². The SMILES string of the molecule is CCC(NC(=O)CC12CC3CC(CC(C3)C1)C2)C(=O)N1CCN(Cc2ccc(C)cc2)CC1. The average molecular weight is 452 g/mol. The first-order valence-corrected chi connectivity index (χ1v) is 13.3. The average Bonchev–Trinajstić information content (AvgIpc) is 2.78. The molecule has 1 unspecified atom stereocenters. The van der Waals surface area contributed by atoms with Gasteiger partial charge in [0, 0.05) is 39.1 Å². The number of rotatable bonds is 7. The van der Waals surface area contributed by atoms with Gasteiger partial charge in [0.05, 0.1) is 0 Å². The number of nitrogens with zero attached hydrogens (tertiary/aromatic N) is 2. The van der Waals surface area contributed by atoms with E-state index in [0.29, 0.717) is 12.8 Å². The molecule has 33 heavy (non-hydrogen) atoms. The van der Waals surface area contributed by atoms with Crippen molar-refractivity contribution in [3.8, 4) is 0 Å². The molecule has 1 heterocycles. The first-order chi connectivity index (χ1) is 15.9. The van der Waals surface area contributed by atoms with Gasteiger partial charge in [0.25, 0.3) is 0 Å². The fraction of sp³-hybridized carbons (Fsp3) is 0.714. The molecule has 1 saturated heterocycles. The summed E-state index contributed by atoms with van der Waals surface area (Å²) in [6, 6.07) is 8.33. The third-order valence-corrected chi connectivity index (χ3v) is 8.95. The van der Waals surface area contributed by atoms with E-state index in [9.17, 15) is 9.59 Å². The number of carbonyl (C=O) groups excluding carboxylic acids is 2. The molecule has 1 atom stereocenters. The summed E-state index contributed by atoms with van der Waals surface area (Å²) in [5.41, 5.74) is 2.83. The standard InChI is InChI=1S/C28H41N3O2/c1-3-25(29-26(32)18-28-15-22-12-23(16-28)14-24(13-22)17-28)27(33)31-10-8-30(9-11-31)19-21-6-4-20(2)5-7-21/h4-7,22-25H,3,8-19H2,1-2H3,(H,29,32). The van der Waals surface area contributed by atoms with E-state index >= 15 is 0 Å². The van der Waals surface area contributed by atoms with Gasteiger partial charge in [-0.15, -0.1) is 0 Å². The molecule has 1 N–H and O–H groups in total. The lowest BCUT2D eigenvalue weighted by Crippen LogP contribution is -2.55. The van der Waals surface area contributed by atoms with Gasteiger partial charge >= 0.3 is 0 Å². The van der Waals surface area contributed by atoms with Crippen molar-refractivity contribution in [1.82, 2.24) is 15.1 Å². The summed E-state index contributed by atoms with van der Waals surface area (Å²) >= 11 is 0. The van der Waals surface area contributed by atoms with Crippen LogP contribution in [0.4, 0.5) is 0 Å². The molecule has 4 saturated carbocycles. The van der Waals surface area contributed by atoms with Crippen LogP contribution in [0.5, 0.6) is 0 Å². The maximum atomic E-state index is 13.2. The van der Waals surface area contributed by atoms with E-state index in [0.717, 1.165) is 50.5 Å². The van der Waals surface area contributed by atoms with Crippen molar-refractivity contribution in [2.75, 3.05) is 26.2 Å². The van der Waals surface area contributed by atoms with E-state index in [4.69, 9.17) is 0 Å². The summed E-state index contributed by atoms with van der Waals surface area (Å²) in [5.74, 6) is 2.76. The minimum absolute atomic E-state index is 0.103. The van der Waals surface area contributed by atoms with Crippen molar-refractivity contribution < 1.29 is 9.59 Å². The molecule has 2 amide bonds. The Kier molecular flexibility index (Phi) is 6.52. The zero-order valence-corrected chi connectivity index (χ0v) is 20.5. The lowest BCUT2D eigenvalue weighted by Gasteiger charge is -2.56. The van der Waals surface area contributed by atoms with Crippen molar-refractivity contribution >= 4 is 11.8 Å². The first kappa shape index (κ1) is 22.9. The Balaban J connectivity index is 1.11. The molecule has 0 spiro atoms. The van der Waals surface area contributed by atoms with Crippen molar-refractivity contribution in [2.24, 2.45) is 23.2 Å². The first-order valence-electron chi connectivity index (χ1n) is 13.3. The summed E-state index contributed by atoms with van der Waals surface area (Å²) in [5, 5.41) is 3.15. The zero-order valence-electron chi connectivity index (χ0n) is 20.5. The van der Waals surface area contributed by atoms with Crippen LogP contribution in [0.15, 0.2) is 24.3 Å². The number of amides is 2. The highest BCUT2D eigenvalue weighted by atomic mass is 16.2. The minimum atomic E-state index is -0.380. The third kappa shape index (κ3) is 5.13. The lowest BCUT2D eigenvalue weighted by molar-refractivity contribution is -0.140. The normalized spacial score (nSPS) is 32.1. The van der Waals surface area contributed by atoms with E-state index in [1.54, 1.807) is 0 Å². The van der Waals surface area contributed by atoms with Crippen molar-refractivity contribution in [1.29, 1.82) is 0 Å². The number of hydrogen-bond acceptors (Lipinski definition) is 3. The van der Waals surface area contributed by atoms with Gasteiger partial charge in [-0.3, -0.25) is 14.5 Å². The Morgan fingerprint density at radius 3 is 2.09 bits per heavy atom. The molecular formula is C28H41N3O2. The van der Waals surface area contributed by atoms with E-state index in [2.05, 4.69) is 41.4 Å². The van der Waals surface area contributed by atoms with Gasteiger partial charge in [0.15, 0.2) is 0 Å². The Morgan fingerprint density at radius 2 is 1.55 bits per heavy atom. The van der Waals surface area contributed by atoms with Crippen LogP contribution < -0.4 is 5.32 Å². The van der Waals surface area contributed by atoms with Crippen LogP contribution >= 0.6 is 0 Å². The fourth-order valence-corrected chi connectivity index (χ4v) is 7.73. The van der Waals surface area contributed by atoms with Crippen LogP contribution in [0.25, 0.3) is 0 Å². The van der Waals surface area contributed by atoms with Gasteiger partial charge in [-0.25, -0.2) is 0 Å².